The fraction of sp³-hybridized carbons (Fsp3) is 0.278. The second-order valence-corrected chi connectivity index (χ2v) is 7.67. The molecule has 3 aromatic rings. The molecule has 0 unspecified atom stereocenters. The molecule has 26 heavy (non-hydrogen) atoms. The lowest BCUT2D eigenvalue weighted by Gasteiger charge is -2.16. The van der Waals surface area contributed by atoms with Crippen LogP contribution < -0.4 is 9.47 Å². The topological polar surface area (TPSA) is 81.5 Å². The molecule has 2 aromatic heterocycles. The van der Waals surface area contributed by atoms with E-state index in [9.17, 15) is 9.90 Å². The van der Waals surface area contributed by atoms with Gasteiger partial charge in [-0.05, 0) is 40.6 Å². The molecule has 0 aliphatic heterocycles. The molecule has 2 heterocycles. The molecule has 6 nitrogen and oxygen atoms in total. The Morgan fingerprint density at radius 1 is 1.35 bits per heavy atom. The van der Waals surface area contributed by atoms with E-state index in [2.05, 4.69) is 39.5 Å². The second kappa shape index (κ2) is 8.17. The molecule has 0 fully saturated rings. The van der Waals surface area contributed by atoms with Crippen molar-refractivity contribution in [2.75, 3.05) is 7.11 Å². The van der Waals surface area contributed by atoms with Crippen molar-refractivity contribution in [1.82, 2.24) is 9.97 Å². The lowest BCUT2D eigenvalue weighted by Crippen LogP contribution is -2.30. The maximum Gasteiger partial charge on any atom is 0.345 e. The van der Waals surface area contributed by atoms with Gasteiger partial charge in [0.15, 0.2) is 0 Å². The number of aryl methyl sites for hydroxylation is 1. The summed E-state index contributed by atoms with van der Waals surface area (Å²) in [6, 6.07) is 7.31. The molecule has 0 radical (unpaired) electrons. The first-order chi connectivity index (χ1) is 12.5. The highest BCUT2D eigenvalue weighted by Gasteiger charge is 2.25. The molecular formula is C18H17IN2O4S. The summed E-state index contributed by atoms with van der Waals surface area (Å²) in [5.41, 5.74) is 0.766. The number of hydrogen-bond acceptors (Lipinski definition) is 6. The molecule has 3 rings (SSSR count). The fourth-order valence-corrected chi connectivity index (χ4v) is 4.96. The number of methoxy groups -OCH3 is 1. The van der Waals surface area contributed by atoms with Crippen LogP contribution in [0.25, 0.3) is 10.2 Å². The number of carboxylic acids is 1. The average Bonchev–Trinajstić information content (AvgIpc) is 2.98. The molecule has 0 aliphatic carbocycles. The van der Waals surface area contributed by atoms with Gasteiger partial charge in [-0.25, -0.2) is 14.8 Å². The number of aromatic nitrogens is 2. The minimum atomic E-state index is -1.08. The predicted octanol–water partition coefficient (Wildman–Crippen LogP) is 3.94. The van der Waals surface area contributed by atoms with Crippen LogP contribution in [0.4, 0.5) is 0 Å². The Morgan fingerprint density at radius 2 is 2.12 bits per heavy atom. The second-order valence-electron chi connectivity index (χ2n) is 5.51. The molecule has 0 saturated carbocycles. The van der Waals surface area contributed by atoms with Gasteiger partial charge < -0.3 is 14.6 Å². The van der Waals surface area contributed by atoms with Gasteiger partial charge in [-0.15, -0.1) is 11.3 Å². The van der Waals surface area contributed by atoms with E-state index in [1.807, 2.05) is 18.2 Å². The van der Waals surface area contributed by atoms with Gasteiger partial charge in [0.1, 0.15) is 16.9 Å². The van der Waals surface area contributed by atoms with E-state index in [1.54, 1.807) is 24.5 Å². The van der Waals surface area contributed by atoms with E-state index >= 15 is 0 Å². The van der Waals surface area contributed by atoms with Crippen LogP contribution in [0.2, 0.25) is 0 Å². The Kier molecular flexibility index (Phi) is 5.92. The summed E-state index contributed by atoms with van der Waals surface area (Å²) in [4.78, 5) is 22.3. The summed E-state index contributed by atoms with van der Waals surface area (Å²) >= 11 is 3.82. The van der Waals surface area contributed by atoms with Gasteiger partial charge >= 0.3 is 5.97 Å². The van der Waals surface area contributed by atoms with Gasteiger partial charge in [-0.2, -0.15) is 0 Å². The number of carboxylic acid groups (broad SMARTS) is 1. The summed E-state index contributed by atoms with van der Waals surface area (Å²) in [6.45, 7) is 2.07. The Balaban J connectivity index is 1.95. The highest BCUT2D eigenvalue weighted by atomic mass is 127. The van der Waals surface area contributed by atoms with E-state index in [4.69, 9.17) is 9.47 Å². The molecule has 1 atom stereocenters. The third kappa shape index (κ3) is 3.75. The first-order valence-electron chi connectivity index (χ1n) is 7.98. The third-order valence-corrected chi connectivity index (χ3v) is 6.71. The Bertz CT molecular complexity index is 944. The zero-order valence-electron chi connectivity index (χ0n) is 14.2. The number of benzene rings is 1. The highest BCUT2D eigenvalue weighted by molar-refractivity contribution is 14.1. The highest BCUT2D eigenvalue weighted by Crippen LogP contribution is 2.36. The normalized spacial score (nSPS) is 12.1. The third-order valence-electron chi connectivity index (χ3n) is 3.91. The van der Waals surface area contributed by atoms with Crippen molar-refractivity contribution in [3.05, 3.63) is 44.6 Å². The molecular weight excluding hydrogens is 467 g/mol. The van der Waals surface area contributed by atoms with Gasteiger partial charge in [0.05, 0.1) is 12.5 Å². The fourth-order valence-electron chi connectivity index (χ4n) is 2.62. The summed E-state index contributed by atoms with van der Waals surface area (Å²) < 4.78 is 12.2. The lowest BCUT2D eigenvalue weighted by molar-refractivity contribution is -0.145. The Labute approximate surface area is 168 Å². The van der Waals surface area contributed by atoms with Crippen LogP contribution in [0.5, 0.6) is 11.6 Å². The number of aliphatic carboxylic acids is 1. The molecule has 0 bridgehead atoms. The van der Waals surface area contributed by atoms with E-state index in [0.717, 1.165) is 25.8 Å². The number of fused-ring (bicyclic) bond motifs is 1. The smallest absolute Gasteiger partial charge is 0.345 e. The predicted molar refractivity (Wildman–Crippen MR) is 108 cm³/mol. The lowest BCUT2D eigenvalue weighted by atomic mass is 10.1. The number of thiophene rings is 1. The van der Waals surface area contributed by atoms with Crippen LogP contribution in [0.1, 0.15) is 17.4 Å². The first-order valence-corrected chi connectivity index (χ1v) is 9.87. The number of ether oxygens (including phenoxy) is 2. The van der Waals surface area contributed by atoms with Gasteiger partial charge in [0.2, 0.25) is 12.0 Å². The number of nitrogens with zero attached hydrogens (tertiary/aromatic N) is 2. The Hall–Kier alpha value is -1.94. The molecule has 136 valence electrons. The van der Waals surface area contributed by atoms with Crippen molar-refractivity contribution >= 4 is 50.1 Å². The number of hydrogen-bond donors (Lipinski definition) is 1. The standard InChI is InChI=1S/C18H17IN2O4S/c1-3-13-15(19)14-16(20-9-21-17(14)26-13)25-12(18(22)23)8-10-6-4-5-7-11(10)24-2/h4-7,9,12H,3,8H2,1-2H3,(H,22,23)/t12-/m1/s1. The van der Waals surface area contributed by atoms with Crippen LogP contribution in [0, 0.1) is 3.57 Å². The van der Waals surface area contributed by atoms with E-state index in [0.29, 0.717) is 11.6 Å². The maximum absolute atomic E-state index is 11.8. The van der Waals surface area contributed by atoms with Crippen LogP contribution in [0.15, 0.2) is 30.6 Å². The van der Waals surface area contributed by atoms with Gasteiger partial charge in [-0.3, -0.25) is 0 Å². The van der Waals surface area contributed by atoms with Crippen molar-refractivity contribution in [2.24, 2.45) is 0 Å². The van der Waals surface area contributed by atoms with Crippen LogP contribution >= 0.6 is 33.9 Å². The van der Waals surface area contributed by atoms with E-state index in [1.165, 1.54) is 11.2 Å². The van der Waals surface area contributed by atoms with Crippen molar-refractivity contribution in [3.8, 4) is 11.6 Å². The van der Waals surface area contributed by atoms with Crippen molar-refractivity contribution in [2.45, 2.75) is 25.9 Å². The largest absolute Gasteiger partial charge is 0.496 e. The molecule has 0 amide bonds. The molecule has 0 spiro atoms. The van der Waals surface area contributed by atoms with Gasteiger partial charge in [-0.1, -0.05) is 25.1 Å². The first kappa shape index (κ1) is 18.8. The summed E-state index contributed by atoms with van der Waals surface area (Å²) in [5, 5.41) is 10.4. The summed E-state index contributed by atoms with van der Waals surface area (Å²) in [7, 11) is 1.56. The molecule has 1 N–H and O–H groups in total. The van der Waals surface area contributed by atoms with Crippen LogP contribution in [0.3, 0.4) is 0 Å². The van der Waals surface area contributed by atoms with Crippen LogP contribution in [-0.2, 0) is 17.6 Å². The van der Waals surface area contributed by atoms with Gasteiger partial charge in [0, 0.05) is 14.9 Å². The summed E-state index contributed by atoms with van der Waals surface area (Å²) in [5.74, 6) is -0.116. The van der Waals surface area contributed by atoms with E-state index in [-0.39, 0.29) is 6.42 Å². The zero-order valence-corrected chi connectivity index (χ0v) is 17.2. The molecule has 0 saturated heterocycles. The minimum absolute atomic E-state index is 0.173. The summed E-state index contributed by atoms with van der Waals surface area (Å²) in [6.07, 6.45) is 1.38. The quantitative estimate of drug-likeness (QED) is 0.512. The van der Waals surface area contributed by atoms with Crippen molar-refractivity contribution in [3.63, 3.8) is 0 Å². The SMILES string of the molecule is CCc1sc2ncnc(O[C@H](Cc3ccccc3OC)C(=O)O)c2c1I. The average molecular weight is 484 g/mol. The molecule has 8 heteroatoms. The van der Waals surface area contributed by atoms with Gasteiger partial charge in [0.25, 0.3) is 0 Å². The van der Waals surface area contributed by atoms with Crippen molar-refractivity contribution in [1.29, 1.82) is 0 Å². The number of rotatable bonds is 7. The number of carbonyl (C=O) groups is 1. The monoisotopic (exact) mass is 484 g/mol. The molecule has 0 aliphatic rings. The maximum atomic E-state index is 11.8. The van der Waals surface area contributed by atoms with E-state index < -0.39 is 12.1 Å². The van der Waals surface area contributed by atoms with Crippen molar-refractivity contribution < 1.29 is 19.4 Å². The molecule has 1 aromatic carbocycles. The zero-order chi connectivity index (χ0) is 18.7. The number of para-hydroxylation sites is 1. The number of halogens is 1. The van der Waals surface area contributed by atoms with Crippen LogP contribution in [-0.4, -0.2) is 34.3 Å². The Morgan fingerprint density at radius 3 is 2.81 bits per heavy atom. The minimum Gasteiger partial charge on any atom is -0.496 e.